The predicted molar refractivity (Wildman–Crippen MR) is 74.4 cm³/mol. The summed E-state index contributed by atoms with van der Waals surface area (Å²) in [6.45, 7) is 9.60. The van der Waals surface area contributed by atoms with Gasteiger partial charge in [-0.2, -0.15) is 0 Å². The van der Waals surface area contributed by atoms with E-state index >= 15 is 0 Å². The van der Waals surface area contributed by atoms with Gasteiger partial charge in [0, 0.05) is 18.7 Å². The largest absolute Gasteiger partial charge is 0.468 e. The molecule has 3 heteroatoms. The smallest absolute Gasteiger partial charge is 0.122 e. The molecule has 1 aromatic rings. The summed E-state index contributed by atoms with van der Waals surface area (Å²) in [4.78, 5) is 2.51. The Labute approximate surface area is 111 Å². The lowest BCUT2D eigenvalue weighted by Crippen LogP contribution is -2.32. The van der Waals surface area contributed by atoms with Gasteiger partial charge in [0.1, 0.15) is 5.76 Å². The predicted octanol–water partition coefficient (Wildman–Crippen LogP) is 3.01. The first-order chi connectivity index (χ1) is 8.83. The fourth-order valence-corrected chi connectivity index (χ4v) is 2.47. The maximum absolute atomic E-state index is 5.65. The van der Waals surface area contributed by atoms with Gasteiger partial charge in [-0.05, 0) is 37.9 Å². The third kappa shape index (κ3) is 3.59. The van der Waals surface area contributed by atoms with Crippen LogP contribution in [-0.2, 0) is 13.1 Å². The minimum absolute atomic E-state index is 0.920. The van der Waals surface area contributed by atoms with Crippen LogP contribution < -0.4 is 5.32 Å². The number of hydrogen-bond donors (Lipinski definition) is 1. The van der Waals surface area contributed by atoms with Gasteiger partial charge in [-0.3, -0.25) is 4.90 Å². The molecule has 0 saturated heterocycles. The molecule has 0 atom stereocenters. The second kappa shape index (κ2) is 6.95. The van der Waals surface area contributed by atoms with Crippen molar-refractivity contribution in [1.29, 1.82) is 0 Å². The minimum atomic E-state index is 0.920. The Morgan fingerprint density at radius 3 is 2.83 bits per heavy atom. The Hall–Kier alpha value is -0.800. The summed E-state index contributed by atoms with van der Waals surface area (Å²) in [7, 11) is 0. The Balaban J connectivity index is 1.87. The SMILES string of the molecule is CCNCc1ccoc1CN(CC)CC1CCC1. The molecular formula is C15H26N2O. The molecule has 0 aliphatic heterocycles. The van der Waals surface area contributed by atoms with Crippen molar-refractivity contribution in [3.05, 3.63) is 23.7 Å². The van der Waals surface area contributed by atoms with Gasteiger partial charge in [0.25, 0.3) is 0 Å². The van der Waals surface area contributed by atoms with Crippen molar-refractivity contribution in [2.75, 3.05) is 19.6 Å². The first kappa shape index (κ1) is 13.6. The van der Waals surface area contributed by atoms with Gasteiger partial charge >= 0.3 is 0 Å². The van der Waals surface area contributed by atoms with Crippen LogP contribution in [0.4, 0.5) is 0 Å². The highest BCUT2D eigenvalue weighted by molar-refractivity contribution is 5.16. The van der Waals surface area contributed by atoms with Crippen LogP contribution in [0.3, 0.4) is 0 Å². The maximum atomic E-state index is 5.65. The molecule has 18 heavy (non-hydrogen) atoms. The van der Waals surface area contributed by atoms with E-state index in [0.717, 1.165) is 37.9 Å². The van der Waals surface area contributed by atoms with Gasteiger partial charge < -0.3 is 9.73 Å². The molecule has 1 aliphatic carbocycles. The monoisotopic (exact) mass is 250 g/mol. The van der Waals surface area contributed by atoms with Crippen molar-refractivity contribution in [3.8, 4) is 0 Å². The lowest BCUT2D eigenvalue weighted by atomic mass is 9.85. The van der Waals surface area contributed by atoms with Crippen LogP contribution in [0.25, 0.3) is 0 Å². The average Bonchev–Trinajstić information content (AvgIpc) is 2.76. The third-order valence-corrected chi connectivity index (χ3v) is 3.96. The zero-order chi connectivity index (χ0) is 12.8. The molecule has 0 amide bonds. The van der Waals surface area contributed by atoms with Crippen LogP contribution >= 0.6 is 0 Å². The minimum Gasteiger partial charge on any atom is -0.468 e. The molecule has 0 aromatic carbocycles. The first-order valence-electron chi connectivity index (χ1n) is 7.31. The van der Waals surface area contributed by atoms with Crippen LogP contribution in [0.5, 0.6) is 0 Å². The Kier molecular flexibility index (Phi) is 5.26. The normalized spacial score (nSPS) is 16.2. The summed E-state index contributed by atoms with van der Waals surface area (Å²) in [6.07, 6.45) is 6.08. The lowest BCUT2D eigenvalue weighted by molar-refractivity contribution is 0.168. The zero-order valence-electron chi connectivity index (χ0n) is 11.7. The highest BCUT2D eigenvalue weighted by Gasteiger charge is 2.21. The van der Waals surface area contributed by atoms with E-state index in [-0.39, 0.29) is 0 Å². The highest BCUT2D eigenvalue weighted by Crippen LogP contribution is 2.27. The van der Waals surface area contributed by atoms with Crippen LogP contribution in [-0.4, -0.2) is 24.5 Å². The highest BCUT2D eigenvalue weighted by atomic mass is 16.3. The summed E-state index contributed by atoms with van der Waals surface area (Å²) in [5.41, 5.74) is 1.31. The molecule has 0 spiro atoms. The molecule has 2 rings (SSSR count). The molecule has 102 valence electrons. The molecular weight excluding hydrogens is 224 g/mol. The molecule has 1 aliphatic rings. The van der Waals surface area contributed by atoms with Crippen LogP contribution in [0, 0.1) is 5.92 Å². The van der Waals surface area contributed by atoms with Crippen LogP contribution in [0.1, 0.15) is 44.4 Å². The lowest BCUT2D eigenvalue weighted by Gasteiger charge is -2.31. The molecule has 0 unspecified atom stereocenters. The van der Waals surface area contributed by atoms with Crippen molar-refractivity contribution in [1.82, 2.24) is 10.2 Å². The standard InChI is InChI=1S/C15H26N2O/c1-3-16-10-14-8-9-18-15(14)12-17(4-2)11-13-6-5-7-13/h8-9,13,16H,3-7,10-12H2,1-2H3. The van der Waals surface area contributed by atoms with Crippen LogP contribution in [0.15, 0.2) is 16.7 Å². The number of hydrogen-bond acceptors (Lipinski definition) is 3. The van der Waals surface area contributed by atoms with Gasteiger partial charge in [0.15, 0.2) is 0 Å². The fraction of sp³-hybridized carbons (Fsp3) is 0.733. The van der Waals surface area contributed by atoms with Gasteiger partial charge in [0.2, 0.25) is 0 Å². The van der Waals surface area contributed by atoms with E-state index in [9.17, 15) is 0 Å². The van der Waals surface area contributed by atoms with E-state index in [2.05, 4.69) is 30.1 Å². The van der Waals surface area contributed by atoms with Crippen molar-refractivity contribution in [2.45, 2.75) is 46.2 Å². The van der Waals surface area contributed by atoms with Gasteiger partial charge in [-0.1, -0.05) is 20.3 Å². The molecule has 0 bridgehead atoms. The fourth-order valence-electron chi connectivity index (χ4n) is 2.47. The second-order valence-corrected chi connectivity index (χ2v) is 5.27. The number of rotatable bonds is 8. The van der Waals surface area contributed by atoms with Gasteiger partial charge in [-0.15, -0.1) is 0 Å². The molecule has 1 fully saturated rings. The molecule has 1 saturated carbocycles. The van der Waals surface area contributed by atoms with Crippen LogP contribution in [0.2, 0.25) is 0 Å². The van der Waals surface area contributed by atoms with Crippen molar-refractivity contribution < 1.29 is 4.42 Å². The summed E-state index contributed by atoms with van der Waals surface area (Å²) in [5.74, 6) is 2.06. The second-order valence-electron chi connectivity index (χ2n) is 5.27. The van der Waals surface area contributed by atoms with E-state index in [4.69, 9.17) is 4.42 Å². The number of furan rings is 1. The summed E-state index contributed by atoms with van der Waals surface area (Å²) >= 11 is 0. The van der Waals surface area contributed by atoms with E-state index < -0.39 is 0 Å². The Morgan fingerprint density at radius 1 is 1.39 bits per heavy atom. The Morgan fingerprint density at radius 2 is 2.22 bits per heavy atom. The summed E-state index contributed by atoms with van der Waals surface area (Å²) < 4.78 is 5.65. The molecule has 1 N–H and O–H groups in total. The molecule has 3 nitrogen and oxygen atoms in total. The third-order valence-electron chi connectivity index (χ3n) is 3.96. The van der Waals surface area contributed by atoms with Crippen molar-refractivity contribution >= 4 is 0 Å². The Bertz CT molecular complexity index is 344. The van der Waals surface area contributed by atoms with Crippen molar-refractivity contribution in [2.24, 2.45) is 5.92 Å². The van der Waals surface area contributed by atoms with Gasteiger partial charge in [-0.25, -0.2) is 0 Å². The average molecular weight is 250 g/mol. The van der Waals surface area contributed by atoms with E-state index in [0.29, 0.717) is 0 Å². The quantitative estimate of drug-likeness (QED) is 0.769. The summed E-state index contributed by atoms with van der Waals surface area (Å²) in [5, 5.41) is 3.37. The van der Waals surface area contributed by atoms with E-state index in [1.165, 1.54) is 31.4 Å². The van der Waals surface area contributed by atoms with E-state index in [1.54, 1.807) is 0 Å². The van der Waals surface area contributed by atoms with Crippen molar-refractivity contribution in [3.63, 3.8) is 0 Å². The maximum Gasteiger partial charge on any atom is 0.122 e. The number of nitrogens with zero attached hydrogens (tertiary/aromatic N) is 1. The summed E-state index contributed by atoms with van der Waals surface area (Å²) in [6, 6.07) is 2.09. The van der Waals surface area contributed by atoms with E-state index in [1.807, 2.05) is 6.26 Å². The van der Waals surface area contributed by atoms with Gasteiger partial charge in [0.05, 0.1) is 12.8 Å². The number of nitrogens with one attached hydrogen (secondary N) is 1. The first-order valence-corrected chi connectivity index (χ1v) is 7.31. The molecule has 1 aromatic heterocycles. The molecule has 0 radical (unpaired) electrons. The zero-order valence-corrected chi connectivity index (χ0v) is 11.7. The molecule has 1 heterocycles. The topological polar surface area (TPSA) is 28.4 Å².